The van der Waals surface area contributed by atoms with E-state index in [2.05, 4.69) is 0 Å². The summed E-state index contributed by atoms with van der Waals surface area (Å²) in [6.07, 6.45) is 0. The molecule has 0 radical (unpaired) electrons. The number of benzene rings is 3. The molecule has 0 N–H and O–H groups in total. The first-order valence-corrected chi connectivity index (χ1v) is 11.2. The average Bonchev–Trinajstić information content (AvgIpc) is 2.78. The lowest BCUT2D eigenvalue weighted by atomic mass is 10.1. The zero-order chi connectivity index (χ0) is 21.4. The van der Waals surface area contributed by atoms with Crippen LogP contribution in [0.25, 0.3) is 16.6 Å². The highest BCUT2D eigenvalue weighted by Gasteiger charge is 2.19. The summed E-state index contributed by atoms with van der Waals surface area (Å²) in [6, 6.07) is 19.1. The van der Waals surface area contributed by atoms with E-state index in [1.54, 1.807) is 4.57 Å². The Balaban J connectivity index is 1.60. The lowest BCUT2D eigenvalue weighted by Crippen LogP contribution is -2.21. The zero-order valence-electron chi connectivity index (χ0n) is 16.8. The summed E-state index contributed by atoms with van der Waals surface area (Å²) >= 11 is 7.80. The first-order valence-electron chi connectivity index (χ1n) is 9.83. The Hall–Kier alpha value is -2.80. The molecule has 2 heterocycles. The van der Waals surface area contributed by atoms with Gasteiger partial charge in [-0.2, -0.15) is 0 Å². The topological polar surface area (TPSA) is 53.4 Å². The predicted molar refractivity (Wildman–Crippen MR) is 123 cm³/mol. The largest absolute Gasteiger partial charge is 0.467 e. The van der Waals surface area contributed by atoms with E-state index in [1.165, 1.54) is 11.8 Å². The van der Waals surface area contributed by atoms with Crippen LogP contribution in [-0.2, 0) is 17.1 Å². The second-order valence-electron chi connectivity index (χ2n) is 7.34. The molecular formula is C24H19ClN2O3S. The van der Waals surface area contributed by atoms with Gasteiger partial charge in [0, 0.05) is 21.9 Å². The minimum absolute atomic E-state index is 0.0882. The van der Waals surface area contributed by atoms with Crippen molar-refractivity contribution < 1.29 is 9.47 Å². The number of hydrogen-bond acceptors (Lipinski definition) is 5. The molecule has 0 saturated heterocycles. The van der Waals surface area contributed by atoms with Crippen LogP contribution >= 0.6 is 23.4 Å². The first-order chi connectivity index (χ1) is 15.1. The Labute approximate surface area is 188 Å². The van der Waals surface area contributed by atoms with Gasteiger partial charge < -0.3 is 9.47 Å². The van der Waals surface area contributed by atoms with Crippen LogP contribution in [0.15, 0.2) is 70.6 Å². The molecule has 1 aliphatic rings. The van der Waals surface area contributed by atoms with Crippen molar-refractivity contribution >= 4 is 34.3 Å². The van der Waals surface area contributed by atoms with Crippen molar-refractivity contribution in [1.82, 2.24) is 9.55 Å². The van der Waals surface area contributed by atoms with Gasteiger partial charge in [0.05, 0.1) is 23.2 Å². The van der Waals surface area contributed by atoms with E-state index in [4.69, 9.17) is 26.1 Å². The van der Waals surface area contributed by atoms with E-state index in [0.717, 1.165) is 28.1 Å². The number of halogens is 1. The van der Waals surface area contributed by atoms with Gasteiger partial charge in [-0.3, -0.25) is 9.36 Å². The quantitative estimate of drug-likeness (QED) is 0.303. The van der Waals surface area contributed by atoms with Crippen molar-refractivity contribution in [2.45, 2.75) is 24.4 Å². The molecule has 0 unspecified atom stereocenters. The van der Waals surface area contributed by atoms with Gasteiger partial charge in [-0.25, -0.2) is 4.98 Å². The monoisotopic (exact) mass is 450 g/mol. The predicted octanol–water partition coefficient (Wildman–Crippen LogP) is 5.51. The standard InChI is InChI=1S/C24H19ClN2O3S/c1-15-6-8-19(9-7-15)27-23(28)20-4-2-3-5-21(20)26-24(27)31-13-17-11-18(25)10-16-12-29-14-30-22(16)17/h2-11H,12-14H2,1H3. The maximum atomic E-state index is 13.4. The van der Waals surface area contributed by atoms with Crippen molar-refractivity contribution in [3.05, 3.63) is 92.7 Å². The fraction of sp³-hybridized carbons (Fsp3) is 0.167. The normalized spacial score (nSPS) is 13.1. The van der Waals surface area contributed by atoms with Gasteiger partial charge in [-0.15, -0.1) is 0 Å². The molecule has 0 spiro atoms. The van der Waals surface area contributed by atoms with Crippen LogP contribution in [0.4, 0.5) is 0 Å². The number of aromatic nitrogens is 2. The Bertz CT molecular complexity index is 1340. The molecular weight excluding hydrogens is 432 g/mol. The molecule has 4 aromatic rings. The summed E-state index contributed by atoms with van der Waals surface area (Å²) in [5.74, 6) is 1.35. The fourth-order valence-corrected chi connectivity index (χ4v) is 4.88. The average molecular weight is 451 g/mol. The Kier molecular flexibility index (Phi) is 5.44. The molecule has 3 aromatic carbocycles. The van der Waals surface area contributed by atoms with Crippen molar-refractivity contribution in [2.75, 3.05) is 6.79 Å². The summed E-state index contributed by atoms with van der Waals surface area (Å²) < 4.78 is 12.8. The molecule has 5 rings (SSSR count). The maximum absolute atomic E-state index is 13.4. The molecule has 0 fully saturated rings. The highest BCUT2D eigenvalue weighted by molar-refractivity contribution is 7.98. The van der Waals surface area contributed by atoms with Crippen LogP contribution < -0.4 is 10.3 Å². The van der Waals surface area contributed by atoms with Crippen LogP contribution in [0.1, 0.15) is 16.7 Å². The molecule has 7 heteroatoms. The van der Waals surface area contributed by atoms with Crippen molar-refractivity contribution in [3.63, 3.8) is 0 Å². The van der Waals surface area contributed by atoms with Gasteiger partial charge in [0.2, 0.25) is 0 Å². The van der Waals surface area contributed by atoms with Gasteiger partial charge in [0.15, 0.2) is 11.9 Å². The molecule has 0 saturated carbocycles. The third kappa shape index (κ3) is 3.94. The fourth-order valence-electron chi connectivity index (χ4n) is 3.64. The summed E-state index contributed by atoms with van der Waals surface area (Å²) in [5, 5.41) is 1.84. The van der Waals surface area contributed by atoms with Crippen LogP contribution in [0.2, 0.25) is 5.02 Å². The maximum Gasteiger partial charge on any atom is 0.266 e. The molecule has 0 amide bonds. The van der Waals surface area contributed by atoms with Crippen LogP contribution in [0, 0.1) is 6.92 Å². The van der Waals surface area contributed by atoms with E-state index < -0.39 is 0 Å². The van der Waals surface area contributed by atoms with E-state index in [9.17, 15) is 4.79 Å². The van der Waals surface area contributed by atoms with E-state index in [0.29, 0.717) is 33.4 Å². The zero-order valence-corrected chi connectivity index (χ0v) is 18.4. The Morgan fingerprint density at radius 1 is 1.13 bits per heavy atom. The second kappa shape index (κ2) is 8.38. The molecule has 1 aliphatic heterocycles. The SMILES string of the molecule is Cc1ccc(-n2c(SCc3cc(Cl)cc4c3OCOC4)nc3ccccc3c2=O)cc1. The van der Waals surface area contributed by atoms with Crippen molar-refractivity contribution in [3.8, 4) is 11.4 Å². The Morgan fingerprint density at radius 3 is 2.77 bits per heavy atom. The summed E-state index contributed by atoms with van der Waals surface area (Å²) in [4.78, 5) is 18.2. The first kappa shape index (κ1) is 20.1. The molecule has 31 heavy (non-hydrogen) atoms. The van der Waals surface area contributed by atoms with Crippen molar-refractivity contribution in [1.29, 1.82) is 0 Å². The summed E-state index contributed by atoms with van der Waals surface area (Å²) in [6.45, 7) is 2.71. The van der Waals surface area contributed by atoms with Gasteiger partial charge in [0.25, 0.3) is 5.56 Å². The smallest absolute Gasteiger partial charge is 0.266 e. The number of aryl methyl sites for hydroxylation is 1. The highest BCUT2D eigenvalue weighted by Crippen LogP contribution is 2.35. The van der Waals surface area contributed by atoms with Crippen LogP contribution in [0.3, 0.4) is 0 Å². The third-order valence-electron chi connectivity index (χ3n) is 5.15. The van der Waals surface area contributed by atoms with Gasteiger partial charge in [-0.05, 0) is 43.3 Å². The minimum Gasteiger partial charge on any atom is -0.467 e. The van der Waals surface area contributed by atoms with E-state index in [1.807, 2.05) is 67.6 Å². The summed E-state index contributed by atoms with van der Waals surface area (Å²) in [5.41, 5.74) is 4.38. The lowest BCUT2D eigenvalue weighted by Gasteiger charge is -2.21. The summed E-state index contributed by atoms with van der Waals surface area (Å²) in [7, 11) is 0. The van der Waals surface area contributed by atoms with Gasteiger partial charge in [0.1, 0.15) is 5.75 Å². The number of nitrogens with zero attached hydrogens (tertiary/aromatic N) is 2. The molecule has 5 nitrogen and oxygen atoms in total. The van der Waals surface area contributed by atoms with Crippen LogP contribution in [-0.4, -0.2) is 16.3 Å². The molecule has 156 valence electrons. The van der Waals surface area contributed by atoms with Gasteiger partial charge in [-0.1, -0.05) is 53.2 Å². The van der Waals surface area contributed by atoms with E-state index >= 15 is 0 Å². The molecule has 1 aromatic heterocycles. The molecule has 0 atom stereocenters. The lowest BCUT2D eigenvalue weighted by molar-refractivity contribution is -0.0168. The van der Waals surface area contributed by atoms with Crippen LogP contribution in [0.5, 0.6) is 5.75 Å². The highest BCUT2D eigenvalue weighted by atomic mass is 35.5. The molecule has 0 aliphatic carbocycles. The van der Waals surface area contributed by atoms with E-state index in [-0.39, 0.29) is 12.4 Å². The third-order valence-corrected chi connectivity index (χ3v) is 6.35. The number of para-hydroxylation sites is 1. The molecule has 0 bridgehead atoms. The second-order valence-corrected chi connectivity index (χ2v) is 8.72. The number of fused-ring (bicyclic) bond motifs is 2. The minimum atomic E-state index is -0.0882. The Morgan fingerprint density at radius 2 is 1.94 bits per heavy atom. The number of rotatable bonds is 4. The number of thioether (sulfide) groups is 1. The van der Waals surface area contributed by atoms with Crippen molar-refractivity contribution in [2.24, 2.45) is 0 Å². The number of ether oxygens (including phenoxy) is 2. The van der Waals surface area contributed by atoms with Gasteiger partial charge >= 0.3 is 0 Å². The number of hydrogen-bond donors (Lipinski definition) is 0.